The van der Waals surface area contributed by atoms with E-state index < -0.39 is 22.8 Å². The summed E-state index contributed by atoms with van der Waals surface area (Å²) in [5.74, 6) is -2.07. The Bertz CT molecular complexity index is 944. The van der Waals surface area contributed by atoms with Gasteiger partial charge in [-0.1, -0.05) is 6.92 Å². The topological polar surface area (TPSA) is 70.9 Å². The van der Waals surface area contributed by atoms with E-state index in [1.807, 2.05) is 6.92 Å². The van der Waals surface area contributed by atoms with E-state index in [9.17, 15) is 18.7 Å². The van der Waals surface area contributed by atoms with Crippen molar-refractivity contribution in [2.24, 2.45) is 7.05 Å². The van der Waals surface area contributed by atoms with E-state index in [1.165, 1.54) is 4.68 Å². The van der Waals surface area contributed by atoms with Gasteiger partial charge in [0, 0.05) is 12.6 Å². The van der Waals surface area contributed by atoms with E-state index in [0.717, 1.165) is 18.2 Å². The van der Waals surface area contributed by atoms with Crippen LogP contribution < -0.4 is 5.43 Å². The maximum atomic E-state index is 13.9. The number of aromatic hydroxyl groups is 1. The molecule has 0 unspecified atom stereocenters. The number of hydrogen-bond acceptors (Lipinski definition) is 3. The van der Waals surface area contributed by atoms with Gasteiger partial charge in [-0.15, -0.1) is 0 Å². The number of aryl methyl sites for hydroxylation is 2. The number of hydrogen-bond donors (Lipinski definition) is 2. The molecule has 0 aliphatic rings. The first-order valence-electron chi connectivity index (χ1n) is 6.70. The summed E-state index contributed by atoms with van der Waals surface area (Å²) < 4.78 is 28.7. The SMILES string of the molecule is CCc1nn(C)c2[nH]c(-c3cc(F)ccc3F)c(O)c(=O)c12. The average Bonchev–Trinajstić information content (AvgIpc) is 2.82. The minimum Gasteiger partial charge on any atom is -0.503 e. The van der Waals surface area contributed by atoms with Gasteiger partial charge < -0.3 is 10.1 Å². The highest BCUT2D eigenvalue weighted by Crippen LogP contribution is 2.30. The molecule has 3 aromatic rings. The fourth-order valence-corrected chi connectivity index (χ4v) is 2.50. The molecule has 0 fully saturated rings. The fraction of sp³-hybridized carbons (Fsp3) is 0.200. The molecular formula is C15H13F2N3O2. The van der Waals surface area contributed by atoms with Crippen molar-refractivity contribution in [2.75, 3.05) is 0 Å². The zero-order valence-corrected chi connectivity index (χ0v) is 11.9. The molecule has 0 atom stereocenters. The van der Waals surface area contributed by atoms with Gasteiger partial charge >= 0.3 is 0 Å². The first kappa shape index (κ1) is 14.2. The Morgan fingerprint density at radius 3 is 2.77 bits per heavy atom. The van der Waals surface area contributed by atoms with E-state index in [4.69, 9.17) is 0 Å². The van der Waals surface area contributed by atoms with Crippen LogP contribution in [0.5, 0.6) is 5.75 Å². The summed E-state index contributed by atoms with van der Waals surface area (Å²) in [4.78, 5) is 15.2. The summed E-state index contributed by atoms with van der Waals surface area (Å²) in [5, 5.41) is 14.6. The van der Waals surface area contributed by atoms with Gasteiger partial charge in [-0.05, 0) is 24.6 Å². The van der Waals surface area contributed by atoms with Crippen LogP contribution in [-0.4, -0.2) is 19.9 Å². The van der Waals surface area contributed by atoms with E-state index in [2.05, 4.69) is 10.1 Å². The van der Waals surface area contributed by atoms with Crippen molar-refractivity contribution in [1.82, 2.24) is 14.8 Å². The molecule has 114 valence electrons. The highest BCUT2D eigenvalue weighted by atomic mass is 19.1. The Hall–Kier alpha value is -2.70. The average molecular weight is 305 g/mol. The number of fused-ring (bicyclic) bond motifs is 1. The fourth-order valence-electron chi connectivity index (χ4n) is 2.50. The Labute approximate surface area is 123 Å². The number of nitrogens with one attached hydrogen (secondary N) is 1. The summed E-state index contributed by atoms with van der Waals surface area (Å²) in [6.07, 6.45) is 0.507. The van der Waals surface area contributed by atoms with Crippen molar-refractivity contribution in [3.63, 3.8) is 0 Å². The van der Waals surface area contributed by atoms with Gasteiger partial charge in [0.15, 0.2) is 5.75 Å². The summed E-state index contributed by atoms with van der Waals surface area (Å²) in [6, 6.07) is 2.82. The van der Waals surface area contributed by atoms with Crippen LogP contribution in [0.25, 0.3) is 22.3 Å². The Morgan fingerprint density at radius 2 is 2.09 bits per heavy atom. The minimum atomic E-state index is -0.746. The largest absolute Gasteiger partial charge is 0.503 e. The zero-order valence-electron chi connectivity index (χ0n) is 11.9. The Kier molecular flexibility index (Phi) is 3.20. The Morgan fingerprint density at radius 1 is 1.36 bits per heavy atom. The lowest BCUT2D eigenvalue weighted by Gasteiger charge is -2.07. The van der Waals surface area contributed by atoms with Crippen molar-refractivity contribution in [2.45, 2.75) is 13.3 Å². The Balaban J connectivity index is 2.42. The van der Waals surface area contributed by atoms with Crippen LogP contribution in [0, 0.1) is 11.6 Å². The molecule has 0 spiro atoms. The maximum absolute atomic E-state index is 13.9. The summed E-state index contributed by atoms with van der Waals surface area (Å²) in [5.41, 5.74) is -0.160. The molecule has 0 amide bonds. The summed E-state index contributed by atoms with van der Waals surface area (Å²) in [6.45, 7) is 1.83. The van der Waals surface area contributed by atoms with Crippen LogP contribution in [-0.2, 0) is 13.5 Å². The second-order valence-electron chi connectivity index (χ2n) is 4.95. The van der Waals surface area contributed by atoms with Crippen molar-refractivity contribution in [1.29, 1.82) is 0 Å². The molecule has 2 N–H and O–H groups in total. The van der Waals surface area contributed by atoms with Gasteiger partial charge in [0.05, 0.1) is 16.8 Å². The number of halogens is 2. The van der Waals surface area contributed by atoms with Crippen molar-refractivity contribution < 1.29 is 13.9 Å². The maximum Gasteiger partial charge on any atom is 0.235 e. The van der Waals surface area contributed by atoms with E-state index in [1.54, 1.807) is 7.05 Å². The molecule has 0 aliphatic heterocycles. The second kappa shape index (κ2) is 4.94. The molecular weight excluding hydrogens is 292 g/mol. The van der Waals surface area contributed by atoms with Crippen LogP contribution in [0.15, 0.2) is 23.0 Å². The summed E-state index contributed by atoms with van der Waals surface area (Å²) in [7, 11) is 1.63. The number of H-pyrrole nitrogens is 1. The normalized spacial score (nSPS) is 11.3. The van der Waals surface area contributed by atoms with Crippen LogP contribution in [0.1, 0.15) is 12.6 Å². The van der Waals surface area contributed by atoms with Gasteiger partial charge in [-0.3, -0.25) is 9.48 Å². The van der Waals surface area contributed by atoms with E-state index >= 15 is 0 Å². The molecule has 0 saturated heterocycles. The van der Waals surface area contributed by atoms with Crippen LogP contribution >= 0.6 is 0 Å². The summed E-state index contributed by atoms with van der Waals surface area (Å²) >= 11 is 0. The lowest BCUT2D eigenvalue weighted by Crippen LogP contribution is -2.07. The molecule has 2 heterocycles. The predicted molar refractivity (Wildman–Crippen MR) is 77.7 cm³/mol. The molecule has 22 heavy (non-hydrogen) atoms. The van der Waals surface area contributed by atoms with E-state index in [0.29, 0.717) is 17.8 Å². The number of benzene rings is 1. The van der Waals surface area contributed by atoms with Gasteiger partial charge in [-0.2, -0.15) is 5.10 Å². The van der Waals surface area contributed by atoms with Gasteiger partial charge in [-0.25, -0.2) is 8.78 Å². The third kappa shape index (κ3) is 1.97. The van der Waals surface area contributed by atoms with E-state index in [-0.39, 0.29) is 16.6 Å². The lowest BCUT2D eigenvalue weighted by atomic mass is 10.1. The number of rotatable bonds is 2. The number of aromatic amines is 1. The number of pyridine rings is 1. The smallest absolute Gasteiger partial charge is 0.235 e. The molecule has 0 radical (unpaired) electrons. The molecule has 3 rings (SSSR count). The van der Waals surface area contributed by atoms with Crippen molar-refractivity contribution >= 4 is 11.0 Å². The first-order valence-corrected chi connectivity index (χ1v) is 6.70. The molecule has 0 bridgehead atoms. The third-order valence-corrected chi connectivity index (χ3v) is 3.57. The number of aromatic nitrogens is 3. The quantitative estimate of drug-likeness (QED) is 0.764. The minimum absolute atomic E-state index is 0.167. The van der Waals surface area contributed by atoms with Crippen molar-refractivity contribution in [3.8, 4) is 17.0 Å². The number of nitrogens with zero attached hydrogens (tertiary/aromatic N) is 2. The highest BCUT2D eigenvalue weighted by molar-refractivity contribution is 5.84. The molecule has 1 aromatic carbocycles. The molecule has 5 nitrogen and oxygen atoms in total. The van der Waals surface area contributed by atoms with Gasteiger partial charge in [0.1, 0.15) is 17.3 Å². The van der Waals surface area contributed by atoms with Crippen LogP contribution in [0.2, 0.25) is 0 Å². The van der Waals surface area contributed by atoms with Crippen LogP contribution in [0.4, 0.5) is 8.78 Å². The van der Waals surface area contributed by atoms with Crippen LogP contribution in [0.3, 0.4) is 0 Å². The predicted octanol–water partition coefficient (Wildman–Crippen LogP) is 2.47. The molecule has 0 aliphatic carbocycles. The first-order chi connectivity index (χ1) is 10.4. The molecule has 7 heteroatoms. The molecule has 0 saturated carbocycles. The standard InChI is InChI=1S/C15H13F2N3O2/c1-3-10-11-13(21)14(22)12(18-15(11)20(2)19-10)8-6-7(16)4-5-9(8)17/h4-6,22H,3H2,1-2H3,(H,18,21). The van der Waals surface area contributed by atoms with Crippen molar-refractivity contribution in [3.05, 3.63) is 45.8 Å². The second-order valence-corrected chi connectivity index (χ2v) is 4.95. The highest BCUT2D eigenvalue weighted by Gasteiger charge is 2.20. The molecule has 2 aromatic heterocycles. The zero-order chi connectivity index (χ0) is 16.0. The van der Waals surface area contributed by atoms with Gasteiger partial charge in [0.2, 0.25) is 5.43 Å². The lowest BCUT2D eigenvalue weighted by molar-refractivity contribution is 0.470. The van der Waals surface area contributed by atoms with Gasteiger partial charge in [0.25, 0.3) is 0 Å². The third-order valence-electron chi connectivity index (χ3n) is 3.57. The monoisotopic (exact) mass is 305 g/mol.